The number of fused-ring (bicyclic) bond motifs is 1. The van der Waals surface area contributed by atoms with Crippen LogP contribution >= 0.6 is 0 Å². The standard InChI is InChI=1S/C19H18N2O3/c1-12-7-8-15(9-13(12)2)19(23)24-11-16-10-18(22)21-14(3)5-4-6-17(21)20-16/h4-10H,11H2,1-3H3. The number of carbonyl (C=O) groups excluding carboxylic acids is 1. The van der Waals surface area contributed by atoms with Gasteiger partial charge in [-0.2, -0.15) is 0 Å². The lowest BCUT2D eigenvalue weighted by molar-refractivity contribution is 0.0467. The summed E-state index contributed by atoms with van der Waals surface area (Å²) in [6.45, 7) is 5.74. The first-order valence-electron chi connectivity index (χ1n) is 7.68. The number of benzene rings is 1. The van der Waals surface area contributed by atoms with E-state index < -0.39 is 5.97 Å². The Kier molecular flexibility index (Phi) is 4.16. The molecule has 0 bridgehead atoms. The lowest BCUT2D eigenvalue weighted by atomic mass is 10.1. The molecular formula is C19H18N2O3. The third-order valence-corrected chi connectivity index (χ3v) is 4.03. The van der Waals surface area contributed by atoms with Crippen LogP contribution in [0.5, 0.6) is 0 Å². The van der Waals surface area contributed by atoms with Crippen LogP contribution in [0.25, 0.3) is 5.65 Å². The molecule has 0 saturated carbocycles. The number of hydrogen-bond acceptors (Lipinski definition) is 4. The van der Waals surface area contributed by atoms with Crippen LogP contribution < -0.4 is 5.56 Å². The fourth-order valence-electron chi connectivity index (χ4n) is 2.53. The molecule has 122 valence electrons. The molecule has 0 spiro atoms. The minimum atomic E-state index is -0.427. The Balaban J connectivity index is 1.81. The minimum absolute atomic E-state index is 0.0363. The average molecular weight is 322 g/mol. The molecule has 0 aliphatic carbocycles. The Bertz CT molecular complexity index is 990. The van der Waals surface area contributed by atoms with Crippen molar-refractivity contribution in [3.63, 3.8) is 0 Å². The van der Waals surface area contributed by atoms with Crippen LogP contribution in [-0.2, 0) is 11.3 Å². The smallest absolute Gasteiger partial charge is 0.338 e. The number of aryl methyl sites for hydroxylation is 3. The monoisotopic (exact) mass is 322 g/mol. The summed E-state index contributed by atoms with van der Waals surface area (Å²) in [6.07, 6.45) is 0. The Labute approximate surface area is 139 Å². The van der Waals surface area contributed by atoms with E-state index in [9.17, 15) is 9.59 Å². The van der Waals surface area contributed by atoms with Crippen molar-refractivity contribution in [1.29, 1.82) is 0 Å². The molecule has 3 rings (SSSR count). The summed E-state index contributed by atoms with van der Waals surface area (Å²) in [7, 11) is 0. The number of hydrogen-bond donors (Lipinski definition) is 0. The van der Waals surface area contributed by atoms with Gasteiger partial charge >= 0.3 is 5.97 Å². The highest BCUT2D eigenvalue weighted by molar-refractivity contribution is 5.89. The molecule has 0 aliphatic heterocycles. The van der Waals surface area contributed by atoms with E-state index in [0.29, 0.717) is 16.9 Å². The number of aromatic nitrogens is 2. The van der Waals surface area contributed by atoms with Gasteiger partial charge in [0.25, 0.3) is 5.56 Å². The van der Waals surface area contributed by atoms with Gasteiger partial charge in [0.05, 0.1) is 11.3 Å². The van der Waals surface area contributed by atoms with Gasteiger partial charge in [0, 0.05) is 11.8 Å². The zero-order chi connectivity index (χ0) is 17.3. The van der Waals surface area contributed by atoms with Crippen LogP contribution in [0.4, 0.5) is 0 Å². The molecule has 24 heavy (non-hydrogen) atoms. The van der Waals surface area contributed by atoms with Crippen LogP contribution in [0.2, 0.25) is 0 Å². The van der Waals surface area contributed by atoms with E-state index in [0.717, 1.165) is 16.8 Å². The lowest BCUT2D eigenvalue weighted by Crippen LogP contribution is -2.18. The zero-order valence-electron chi connectivity index (χ0n) is 13.9. The summed E-state index contributed by atoms with van der Waals surface area (Å²) in [5.41, 5.74) is 4.24. The van der Waals surface area contributed by atoms with E-state index in [1.54, 1.807) is 18.2 Å². The van der Waals surface area contributed by atoms with E-state index in [1.165, 1.54) is 10.5 Å². The number of nitrogens with zero attached hydrogens (tertiary/aromatic N) is 2. The molecule has 1 aromatic carbocycles. The number of pyridine rings is 1. The van der Waals surface area contributed by atoms with Crippen molar-refractivity contribution in [3.8, 4) is 0 Å². The lowest BCUT2D eigenvalue weighted by Gasteiger charge is -2.08. The summed E-state index contributed by atoms with van der Waals surface area (Å²) in [5, 5.41) is 0. The Morgan fingerprint density at radius 2 is 1.88 bits per heavy atom. The second-order valence-electron chi connectivity index (χ2n) is 5.82. The normalized spacial score (nSPS) is 10.8. The second-order valence-corrected chi connectivity index (χ2v) is 5.82. The molecule has 0 N–H and O–H groups in total. The fraction of sp³-hybridized carbons (Fsp3) is 0.211. The molecule has 0 saturated heterocycles. The van der Waals surface area contributed by atoms with Gasteiger partial charge in [-0.1, -0.05) is 12.1 Å². The first kappa shape index (κ1) is 15.9. The average Bonchev–Trinajstić information content (AvgIpc) is 2.55. The van der Waals surface area contributed by atoms with E-state index in [2.05, 4.69) is 4.98 Å². The Morgan fingerprint density at radius 1 is 1.08 bits per heavy atom. The van der Waals surface area contributed by atoms with E-state index in [4.69, 9.17) is 4.74 Å². The van der Waals surface area contributed by atoms with Crippen LogP contribution in [0.15, 0.2) is 47.3 Å². The SMILES string of the molecule is Cc1ccc(C(=O)OCc2cc(=O)n3c(C)cccc3n2)cc1C. The van der Waals surface area contributed by atoms with Gasteiger partial charge in [0.15, 0.2) is 0 Å². The van der Waals surface area contributed by atoms with E-state index in [-0.39, 0.29) is 12.2 Å². The van der Waals surface area contributed by atoms with Crippen molar-refractivity contribution in [2.45, 2.75) is 27.4 Å². The summed E-state index contributed by atoms with van der Waals surface area (Å²) < 4.78 is 6.82. The van der Waals surface area contributed by atoms with Crippen molar-refractivity contribution < 1.29 is 9.53 Å². The Morgan fingerprint density at radius 3 is 2.62 bits per heavy atom. The maximum absolute atomic E-state index is 12.2. The van der Waals surface area contributed by atoms with Gasteiger partial charge in [-0.05, 0) is 56.2 Å². The molecule has 0 unspecified atom stereocenters. The maximum Gasteiger partial charge on any atom is 0.338 e. The molecule has 3 aromatic rings. The predicted molar refractivity (Wildman–Crippen MR) is 91.2 cm³/mol. The predicted octanol–water partition coefficient (Wildman–Crippen LogP) is 2.98. The van der Waals surface area contributed by atoms with Crippen molar-refractivity contribution in [1.82, 2.24) is 9.38 Å². The van der Waals surface area contributed by atoms with Gasteiger partial charge in [0.1, 0.15) is 12.3 Å². The van der Waals surface area contributed by atoms with Crippen LogP contribution in [0.3, 0.4) is 0 Å². The van der Waals surface area contributed by atoms with Gasteiger partial charge in [-0.3, -0.25) is 9.20 Å². The largest absolute Gasteiger partial charge is 0.456 e. The molecule has 2 heterocycles. The third-order valence-electron chi connectivity index (χ3n) is 4.03. The van der Waals surface area contributed by atoms with Gasteiger partial charge in [-0.15, -0.1) is 0 Å². The second kappa shape index (κ2) is 6.28. The quantitative estimate of drug-likeness (QED) is 0.696. The molecule has 0 radical (unpaired) electrons. The minimum Gasteiger partial charge on any atom is -0.456 e. The fourth-order valence-corrected chi connectivity index (χ4v) is 2.53. The number of esters is 1. The highest BCUT2D eigenvalue weighted by atomic mass is 16.5. The molecule has 0 fully saturated rings. The molecule has 5 heteroatoms. The highest BCUT2D eigenvalue weighted by Crippen LogP contribution is 2.12. The van der Waals surface area contributed by atoms with Crippen molar-refractivity contribution in [2.24, 2.45) is 0 Å². The van der Waals surface area contributed by atoms with Gasteiger partial charge < -0.3 is 4.74 Å². The molecule has 2 aromatic heterocycles. The summed E-state index contributed by atoms with van der Waals surface area (Å²) in [6, 6.07) is 12.2. The van der Waals surface area contributed by atoms with Crippen molar-refractivity contribution in [2.75, 3.05) is 0 Å². The molecule has 0 atom stereocenters. The van der Waals surface area contributed by atoms with Crippen LogP contribution in [0, 0.1) is 20.8 Å². The van der Waals surface area contributed by atoms with E-state index in [1.807, 2.05) is 39.0 Å². The number of rotatable bonds is 3. The maximum atomic E-state index is 12.2. The van der Waals surface area contributed by atoms with Crippen molar-refractivity contribution in [3.05, 3.63) is 80.9 Å². The van der Waals surface area contributed by atoms with E-state index >= 15 is 0 Å². The van der Waals surface area contributed by atoms with Gasteiger partial charge in [0.2, 0.25) is 0 Å². The zero-order valence-corrected chi connectivity index (χ0v) is 13.9. The molecule has 5 nitrogen and oxygen atoms in total. The first-order valence-corrected chi connectivity index (χ1v) is 7.68. The molecular weight excluding hydrogens is 304 g/mol. The highest BCUT2D eigenvalue weighted by Gasteiger charge is 2.10. The van der Waals surface area contributed by atoms with Crippen molar-refractivity contribution >= 4 is 11.6 Å². The third kappa shape index (κ3) is 3.06. The first-order chi connectivity index (χ1) is 11.5. The summed E-state index contributed by atoms with van der Waals surface area (Å²) in [5.74, 6) is -0.427. The van der Waals surface area contributed by atoms with Crippen LogP contribution in [0.1, 0.15) is 32.9 Å². The number of carbonyl (C=O) groups is 1. The number of ether oxygens (including phenoxy) is 1. The Hall–Kier alpha value is -2.95. The van der Waals surface area contributed by atoms with Gasteiger partial charge in [-0.25, -0.2) is 9.78 Å². The molecule has 0 aliphatic rings. The summed E-state index contributed by atoms with van der Waals surface area (Å²) >= 11 is 0. The summed E-state index contributed by atoms with van der Waals surface area (Å²) in [4.78, 5) is 28.7. The van der Waals surface area contributed by atoms with Crippen LogP contribution in [-0.4, -0.2) is 15.4 Å². The topological polar surface area (TPSA) is 60.7 Å². The molecule has 0 amide bonds.